The quantitative estimate of drug-likeness (QED) is 0.474. The Balaban J connectivity index is 1.44. The molecule has 1 aromatic rings. The SMILES string of the molecule is CC(=O)OC1CC2CCC3C(CCC4(C)C(OC(C)=O)CCC34)C2(C)C/C1=C\c1ccccc1. The number of fused-ring (bicyclic) bond motifs is 5. The maximum absolute atomic E-state index is 12.0. The smallest absolute Gasteiger partial charge is 0.303 e. The van der Waals surface area contributed by atoms with Crippen molar-refractivity contribution in [2.24, 2.45) is 34.5 Å². The van der Waals surface area contributed by atoms with E-state index in [-0.39, 0.29) is 35.0 Å². The molecule has 0 N–H and O–H groups in total. The van der Waals surface area contributed by atoms with Crippen LogP contribution in [0, 0.1) is 34.5 Å². The van der Waals surface area contributed by atoms with Gasteiger partial charge in [-0.1, -0.05) is 50.3 Å². The molecule has 4 nitrogen and oxygen atoms in total. The van der Waals surface area contributed by atoms with Crippen molar-refractivity contribution >= 4 is 18.0 Å². The lowest BCUT2D eigenvalue weighted by atomic mass is 9.44. The van der Waals surface area contributed by atoms with Gasteiger partial charge in [0.05, 0.1) is 0 Å². The molecule has 0 spiro atoms. The van der Waals surface area contributed by atoms with Gasteiger partial charge in [-0.2, -0.15) is 0 Å². The van der Waals surface area contributed by atoms with E-state index in [9.17, 15) is 9.59 Å². The van der Waals surface area contributed by atoms with Gasteiger partial charge in [0.2, 0.25) is 0 Å². The van der Waals surface area contributed by atoms with Crippen molar-refractivity contribution in [2.75, 3.05) is 0 Å². The van der Waals surface area contributed by atoms with E-state index >= 15 is 0 Å². The monoisotopic (exact) mass is 464 g/mol. The van der Waals surface area contributed by atoms with Gasteiger partial charge in [-0.3, -0.25) is 9.59 Å². The Kier molecular flexibility index (Phi) is 6.14. The lowest BCUT2D eigenvalue weighted by molar-refractivity contribution is -0.163. The summed E-state index contributed by atoms with van der Waals surface area (Å²) in [4.78, 5) is 23.7. The van der Waals surface area contributed by atoms with Crippen molar-refractivity contribution in [3.8, 4) is 0 Å². The third-order valence-electron chi connectivity index (χ3n) is 10.2. The van der Waals surface area contributed by atoms with E-state index in [1.165, 1.54) is 43.7 Å². The summed E-state index contributed by atoms with van der Waals surface area (Å²) in [5, 5.41) is 0. The van der Waals surface area contributed by atoms with Gasteiger partial charge >= 0.3 is 11.9 Å². The van der Waals surface area contributed by atoms with Crippen LogP contribution in [0.2, 0.25) is 0 Å². The van der Waals surface area contributed by atoms with E-state index in [1.807, 2.05) is 6.07 Å². The largest absolute Gasteiger partial charge is 0.462 e. The number of rotatable bonds is 3. The molecule has 0 aliphatic heterocycles. The van der Waals surface area contributed by atoms with Crippen LogP contribution < -0.4 is 0 Å². The van der Waals surface area contributed by atoms with Gasteiger partial charge in [-0.05, 0) is 91.6 Å². The molecular formula is C30H40O4. The molecular weight excluding hydrogens is 424 g/mol. The maximum atomic E-state index is 12.0. The predicted octanol–water partition coefficient (Wildman–Crippen LogP) is 6.59. The molecule has 8 unspecified atom stereocenters. The Morgan fingerprint density at radius 3 is 2.29 bits per heavy atom. The molecule has 0 aromatic heterocycles. The molecule has 4 fully saturated rings. The summed E-state index contributed by atoms with van der Waals surface area (Å²) >= 11 is 0. The zero-order valence-electron chi connectivity index (χ0n) is 21.2. The zero-order valence-corrected chi connectivity index (χ0v) is 21.2. The second-order valence-electron chi connectivity index (χ2n) is 12.0. The van der Waals surface area contributed by atoms with E-state index in [2.05, 4.69) is 44.2 Å². The van der Waals surface area contributed by atoms with Crippen LogP contribution in [0.4, 0.5) is 0 Å². The second-order valence-corrected chi connectivity index (χ2v) is 12.0. The highest BCUT2D eigenvalue weighted by Crippen LogP contribution is 2.67. The fourth-order valence-electron chi connectivity index (χ4n) is 8.74. The summed E-state index contributed by atoms with van der Waals surface area (Å²) in [6, 6.07) is 10.4. The Morgan fingerprint density at radius 1 is 0.882 bits per heavy atom. The minimum atomic E-state index is -0.183. The fraction of sp³-hybridized carbons (Fsp3) is 0.667. The third-order valence-corrected chi connectivity index (χ3v) is 10.2. The number of carbonyl (C=O) groups is 2. The summed E-state index contributed by atoms with van der Waals surface area (Å²) < 4.78 is 11.7. The van der Waals surface area contributed by atoms with Gasteiger partial charge in [0.15, 0.2) is 0 Å². The zero-order chi connectivity index (χ0) is 24.1. The van der Waals surface area contributed by atoms with Gasteiger partial charge in [-0.25, -0.2) is 0 Å². The van der Waals surface area contributed by atoms with E-state index in [1.54, 1.807) is 6.92 Å². The summed E-state index contributed by atoms with van der Waals surface area (Å²) in [5.74, 6) is 2.28. The van der Waals surface area contributed by atoms with Crippen LogP contribution in [-0.2, 0) is 19.1 Å². The number of esters is 2. The molecule has 4 heteroatoms. The van der Waals surface area contributed by atoms with Crippen LogP contribution in [0.15, 0.2) is 35.9 Å². The second kappa shape index (κ2) is 8.84. The minimum absolute atomic E-state index is 0.0784. The molecule has 0 radical (unpaired) electrons. The summed E-state index contributed by atoms with van der Waals surface area (Å²) in [5.41, 5.74) is 2.80. The molecule has 8 atom stereocenters. The van der Waals surface area contributed by atoms with Crippen LogP contribution in [0.5, 0.6) is 0 Å². The summed E-state index contributed by atoms with van der Waals surface area (Å²) in [6.45, 7) is 8.00. The molecule has 34 heavy (non-hydrogen) atoms. The van der Waals surface area contributed by atoms with Crippen molar-refractivity contribution < 1.29 is 19.1 Å². The van der Waals surface area contributed by atoms with Crippen LogP contribution in [0.3, 0.4) is 0 Å². The van der Waals surface area contributed by atoms with Gasteiger partial charge < -0.3 is 9.47 Å². The molecule has 0 saturated heterocycles. The first kappa shape index (κ1) is 23.6. The highest BCUT2D eigenvalue weighted by atomic mass is 16.5. The average molecular weight is 465 g/mol. The van der Waals surface area contributed by atoms with Crippen molar-refractivity contribution in [1.82, 2.24) is 0 Å². The molecule has 1 aromatic carbocycles. The van der Waals surface area contributed by atoms with Crippen LogP contribution in [0.25, 0.3) is 6.08 Å². The number of hydrogen-bond acceptors (Lipinski definition) is 4. The Labute approximate surface area is 204 Å². The van der Waals surface area contributed by atoms with Crippen LogP contribution in [-0.4, -0.2) is 24.1 Å². The molecule has 4 aliphatic carbocycles. The molecule has 0 amide bonds. The van der Waals surface area contributed by atoms with Crippen molar-refractivity contribution in [1.29, 1.82) is 0 Å². The molecule has 4 aliphatic rings. The number of ether oxygens (including phenoxy) is 2. The molecule has 184 valence electrons. The van der Waals surface area contributed by atoms with Gasteiger partial charge in [0.25, 0.3) is 0 Å². The summed E-state index contributed by atoms with van der Waals surface area (Å²) in [7, 11) is 0. The maximum Gasteiger partial charge on any atom is 0.303 e. The Hall–Kier alpha value is -2.10. The van der Waals surface area contributed by atoms with E-state index < -0.39 is 0 Å². The molecule has 4 saturated carbocycles. The molecule has 0 heterocycles. The normalized spacial score (nSPS) is 42.3. The predicted molar refractivity (Wildman–Crippen MR) is 133 cm³/mol. The molecule has 5 rings (SSSR count). The summed E-state index contributed by atoms with van der Waals surface area (Å²) in [6.07, 6.45) is 11.2. The Bertz CT molecular complexity index is 967. The third kappa shape index (κ3) is 4.01. The lowest BCUT2D eigenvalue weighted by Gasteiger charge is -2.61. The number of benzene rings is 1. The average Bonchev–Trinajstić information content (AvgIpc) is 3.10. The van der Waals surface area contributed by atoms with Gasteiger partial charge in [-0.15, -0.1) is 0 Å². The topological polar surface area (TPSA) is 52.6 Å². The van der Waals surface area contributed by atoms with Gasteiger partial charge in [0, 0.05) is 19.3 Å². The Morgan fingerprint density at radius 2 is 1.59 bits per heavy atom. The van der Waals surface area contributed by atoms with E-state index in [0.717, 1.165) is 25.7 Å². The van der Waals surface area contributed by atoms with Crippen LogP contribution in [0.1, 0.15) is 84.6 Å². The first-order chi connectivity index (χ1) is 16.2. The van der Waals surface area contributed by atoms with Gasteiger partial charge in [0.1, 0.15) is 12.2 Å². The fourth-order valence-corrected chi connectivity index (χ4v) is 8.74. The standard InChI is InChI=1S/C30H40O4/c1-19(31)33-27-17-23-10-11-24-25-12-13-28(34-20(2)32)29(25,3)15-14-26(24)30(23,4)18-22(27)16-21-8-6-5-7-9-21/h5-9,16,23-28H,10-15,17-18H2,1-4H3/b22-16+. The lowest BCUT2D eigenvalue weighted by Crippen LogP contribution is -2.55. The van der Waals surface area contributed by atoms with Crippen molar-refractivity contribution in [3.63, 3.8) is 0 Å². The highest BCUT2D eigenvalue weighted by molar-refractivity contribution is 5.67. The molecule has 0 bridgehead atoms. The van der Waals surface area contributed by atoms with E-state index in [0.29, 0.717) is 23.7 Å². The van der Waals surface area contributed by atoms with Crippen molar-refractivity contribution in [2.45, 2.75) is 91.3 Å². The van der Waals surface area contributed by atoms with Crippen molar-refractivity contribution in [3.05, 3.63) is 41.5 Å². The highest BCUT2D eigenvalue weighted by Gasteiger charge is 2.61. The number of carbonyl (C=O) groups excluding carboxylic acids is 2. The minimum Gasteiger partial charge on any atom is -0.462 e. The van der Waals surface area contributed by atoms with Crippen LogP contribution >= 0.6 is 0 Å². The van der Waals surface area contributed by atoms with E-state index in [4.69, 9.17) is 9.47 Å². The number of hydrogen-bond donors (Lipinski definition) is 0. The first-order valence-electron chi connectivity index (χ1n) is 13.3. The first-order valence-corrected chi connectivity index (χ1v) is 13.3.